The summed E-state index contributed by atoms with van der Waals surface area (Å²) in [6.45, 7) is 4.18. The molecule has 0 radical (unpaired) electrons. The molecule has 1 fully saturated rings. The molecule has 3 rings (SSSR count). The van der Waals surface area contributed by atoms with Gasteiger partial charge in [-0.2, -0.15) is 5.26 Å². The Morgan fingerprint density at radius 3 is 2.90 bits per heavy atom. The minimum atomic E-state index is -0.407. The molecule has 0 aromatic heterocycles. The Morgan fingerprint density at radius 2 is 2.14 bits per heavy atom. The molecule has 0 saturated heterocycles. The van der Waals surface area contributed by atoms with Crippen molar-refractivity contribution in [2.75, 3.05) is 0 Å². The van der Waals surface area contributed by atoms with Gasteiger partial charge >= 0.3 is 0 Å². The number of nitrogens with zero attached hydrogens (tertiary/aromatic N) is 1. The van der Waals surface area contributed by atoms with Crippen molar-refractivity contribution in [2.45, 2.75) is 70.1 Å². The molecule has 2 atom stereocenters. The van der Waals surface area contributed by atoms with Crippen LogP contribution in [0.4, 0.5) is 0 Å². The fraction of sp³-hybridized carbons (Fsp3) is 0.611. The molecular weight excluding hydrogens is 260 g/mol. The van der Waals surface area contributed by atoms with E-state index in [9.17, 15) is 5.26 Å². The first-order valence-corrected chi connectivity index (χ1v) is 8.08. The summed E-state index contributed by atoms with van der Waals surface area (Å²) in [7, 11) is 0. The van der Waals surface area contributed by atoms with Gasteiger partial charge in [0.25, 0.3) is 0 Å². The van der Waals surface area contributed by atoms with Crippen molar-refractivity contribution in [3.05, 3.63) is 29.3 Å². The van der Waals surface area contributed by atoms with Gasteiger partial charge in [0.15, 0.2) is 0 Å². The number of ether oxygens (including phenoxy) is 1. The second kappa shape index (κ2) is 5.69. The first-order valence-electron chi connectivity index (χ1n) is 8.08. The van der Waals surface area contributed by atoms with Crippen LogP contribution in [0.15, 0.2) is 18.2 Å². The Labute approximate surface area is 127 Å². The van der Waals surface area contributed by atoms with Crippen LogP contribution in [-0.4, -0.2) is 17.7 Å². The second-order valence-electron chi connectivity index (χ2n) is 6.76. The molecule has 112 valence electrons. The highest BCUT2D eigenvalue weighted by atomic mass is 16.5. The largest absolute Gasteiger partial charge is 0.490 e. The van der Waals surface area contributed by atoms with Gasteiger partial charge in [-0.25, -0.2) is 0 Å². The molecule has 21 heavy (non-hydrogen) atoms. The number of fused-ring (bicyclic) bond motifs is 1. The van der Waals surface area contributed by atoms with Crippen LogP contribution >= 0.6 is 0 Å². The lowest BCUT2D eigenvalue weighted by atomic mass is 9.98. The van der Waals surface area contributed by atoms with Crippen LogP contribution in [0.1, 0.15) is 50.7 Å². The van der Waals surface area contributed by atoms with E-state index in [1.165, 1.54) is 30.4 Å². The fourth-order valence-electron chi connectivity index (χ4n) is 3.73. The van der Waals surface area contributed by atoms with Crippen LogP contribution < -0.4 is 10.1 Å². The van der Waals surface area contributed by atoms with Crippen LogP contribution in [-0.2, 0) is 12.8 Å². The Bertz CT molecular complexity index is 561. The molecule has 1 aromatic carbocycles. The van der Waals surface area contributed by atoms with E-state index in [4.69, 9.17) is 4.74 Å². The van der Waals surface area contributed by atoms with E-state index < -0.39 is 5.54 Å². The van der Waals surface area contributed by atoms with Gasteiger partial charge in [-0.1, -0.05) is 6.07 Å². The Balaban J connectivity index is 1.66. The average molecular weight is 284 g/mol. The fourth-order valence-corrected chi connectivity index (χ4v) is 3.73. The minimum absolute atomic E-state index is 0.148. The quantitative estimate of drug-likeness (QED) is 0.922. The van der Waals surface area contributed by atoms with Crippen molar-refractivity contribution in [2.24, 2.45) is 0 Å². The monoisotopic (exact) mass is 284 g/mol. The molecule has 0 heterocycles. The van der Waals surface area contributed by atoms with Crippen molar-refractivity contribution in [3.8, 4) is 11.8 Å². The zero-order chi connectivity index (χ0) is 14.9. The van der Waals surface area contributed by atoms with E-state index in [1.54, 1.807) is 0 Å². The minimum Gasteiger partial charge on any atom is -0.490 e. The summed E-state index contributed by atoms with van der Waals surface area (Å²) in [5.41, 5.74) is 2.51. The van der Waals surface area contributed by atoms with E-state index in [-0.39, 0.29) is 6.10 Å². The van der Waals surface area contributed by atoms with E-state index in [0.717, 1.165) is 25.0 Å². The molecule has 2 unspecified atom stereocenters. The van der Waals surface area contributed by atoms with Crippen LogP contribution in [0.2, 0.25) is 0 Å². The maximum Gasteiger partial charge on any atom is 0.120 e. The molecule has 0 bridgehead atoms. The lowest BCUT2D eigenvalue weighted by molar-refractivity contribution is 0.199. The molecule has 1 aromatic rings. The summed E-state index contributed by atoms with van der Waals surface area (Å²) < 4.78 is 6.15. The van der Waals surface area contributed by atoms with E-state index in [2.05, 4.69) is 43.4 Å². The predicted octanol–water partition coefficient (Wildman–Crippen LogP) is 3.37. The summed E-state index contributed by atoms with van der Waals surface area (Å²) in [5.74, 6) is 0.971. The number of nitriles is 1. The van der Waals surface area contributed by atoms with E-state index in [1.807, 2.05) is 0 Å². The maximum atomic E-state index is 9.51. The molecule has 0 aliphatic heterocycles. The molecule has 0 spiro atoms. The number of hydrogen-bond donors (Lipinski definition) is 1. The van der Waals surface area contributed by atoms with Crippen LogP contribution in [0, 0.1) is 11.3 Å². The molecule has 1 N–H and O–H groups in total. The van der Waals surface area contributed by atoms with Crippen LogP contribution in [0.25, 0.3) is 0 Å². The zero-order valence-corrected chi connectivity index (χ0v) is 13.0. The summed E-state index contributed by atoms with van der Waals surface area (Å²) in [5, 5.41) is 12.9. The number of aryl methyl sites for hydroxylation is 2. The summed E-state index contributed by atoms with van der Waals surface area (Å²) in [6.07, 6.45) is 6.39. The number of nitrogens with one attached hydrogen (secondary N) is 1. The summed E-state index contributed by atoms with van der Waals surface area (Å²) in [4.78, 5) is 0. The Hall–Kier alpha value is -1.53. The Morgan fingerprint density at radius 1 is 1.33 bits per heavy atom. The van der Waals surface area contributed by atoms with Gasteiger partial charge < -0.3 is 4.74 Å². The molecule has 3 heteroatoms. The number of hydrogen-bond acceptors (Lipinski definition) is 3. The molecule has 0 amide bonds. The second-order valence-corrected chi connectivity index (χ2v) is 6.76. The van der Waals surface area contributed by atoms with Gasteiger partial charge in [0.05, 0.1) is 6.07 Å². The zero-order valence-electron chi connectivity index (χ0n) is 13.0. The first-order chi connectivity index (χ1) is 10.1. The number of benzene rings is 1. The Kier molecular flexibility index (Phi) is 3.91. The highest BCUT2D eigenvalue weighted by molar-refractivity contribution is 5.38. The normalized spacial score (nSPS) is 27.6. The summed E-state index contributed by atoms with van der Waals surface area (Å²) in [6, 6.07) is 9.29. The van der Waals surface area contributed by atoms with Crippen molar-refractivity contribution in [1.82, 2.24) is 5.32 Å². The standard InChI is InChI=1S/C18H24N2O/c1-13(2)20-18(12-19)9-8-17(11-18)21-16-7-6-14-4-3-5-15(14)10-16/h6-7,10,13,17,20H,3-5,8-9,11H2,1-2H3. The third-order valence-electron chi connectivity index (χ3n) is 4.62. The highest BCUT2D eigenvalue weighted by Gasteiger charge is 2.40. The van der Waals surface area contributed by atoms with Gasteiger partial charge in [0.2, 0.25) is 0 Å². The highest BCUT2D eigenvalue weighted by Crippen LogP contribution is 2.34. The topological polar surface area (TPSA) is 45.0 Å². The third kappa shape index (κ3) is 3.06. The van der Waals surface area contributed by atoms with Crippen molar-refractivity contribution in [1.29, 1.82) is 5.26 Å². The van der Waals surface area contributed by atoms with E-state index in [0.29, 0.717) is 6.04 Å². The predicted molar refractivity (Wildman–Crippen MR) is 83.3 cm³/mol. The van der Waals surface area contributed by atoms with Gasteiger partial charge in [0, 0.05) is 12.5 Å². The van der Waals surface area contributed by atoms with Gasteiger partial charge in [-0.05, 0) is 69.2 Å². The SMILES string of the molecule is CC(C)NC1(C#N)CCC(Oc2ccc3c(c2)CCC3)C1. The molecular formula is C18H24N2O. The molecule has 2 aliphatic rings. The van der Waals surface area contributed by atoms with Crippen LogP contribution in [0.3, 0.4) is 0 Å². The smallest absolute Gasteiger partial charge is 0.120 e. The first kappa shape index (κ1) is 14.4. The third-order valence-corrected chi connectivity index (χ3v) is 4.62. The lowest BCUT2D eigenvalue weighted by Crippen LogP contribution is -2.46. The lowest BCUT2D eigenvalue weighted by Gasteiger charge is -2.25. The van der Waals surface area contributed by atoms with E-state index >= 15 is 0 Å². The van der Waals surface area contributed by atoms with Crippen molar-refractivity contribution < 1.29 is 4.74 Å². The van der Waals surface area contributed by atoms with Gasteiger partial charge in [0.1, 0.15) is 17.4 Å². The van der Waals surface area contributed by atoms with Gasteiger partial charge in [-0.3, -0.25) is 5.32 Å². The van der Waals surface area contributed by atoms with Crippen LogP contribution in [0.5, 0.6) is 5.75 Å². The van der Waals surface area contributed by atoms with Gasteiger partial charge in [-0.15, -0.1) is 0 Å². The van der Waals surface area contributed by atoms with Crippen molar-refractivity contribution in [3.63, 3.8) is 0 Å². The molecule has 3 nitrogen and oxygen atoms in total. The summed E-state index contributed by atoms with van der Waals surface area (Å²) >= 11 is 0. The maximum absolute atomic E-state index is 9.51. The number of rotatable bonds is 4. The molecule has 2 aliphatic carbocycles. The average Bonchev–Trinajstić information content (AvgIpc) is 3.05. The molecule has 1 saturated carbocycles. The van der Waals surface area contributed by atoms with Crippen molar-refractivity contribution >= 4 is 0 Å².